The molecule has 2 heterocycles. The Kier molecular flexibility index (Phi) is 6.11. The Bertz CT molecular complexity index is 1290. The van der Waals surface area contributed by atoms with E-state index in [-0.39, 0.29) is 11.4 Å². The van der Waals surface area contributed by atoms with Crippen molar-refractivity contribution in [1.29, 1.82) is 0 Å². The summed E-state index contributed by atoms with van der Waals surface area (Å²) in [6.45, 7) is 0.523. The first kappa shape index (κ1) is 21.4. The molecule has 32 heavy (non-hydrogen) atoms. The third kappa shape index (κ3) is 4.74. The summed E-state index contributed by atoms with van der Waals surface area (Å²) in [5, 5.41) is 5.37. The fourth-order valence-electron chi connectivity index (χ4n) is 3.24. The minimum atomic E-state index is -3.65. The number of aromatic nitrogens is 1. The fourth-order valence-corrected chi connectivity index (χ4v) is 4.26. The number of imide groups is 1. The van der Waals surface area contributed by atoms with Gasteiger partial charge in [0.2, 0.25) is 10.0 Å². The Morgan fingerprint density at radius 3 is 2.31 bits per heavy atom. The second-order valence-electron chi connectivity index (χ2n) is 7.10. The predicted octanol–water partition coefficient (Wildman–Crippen LogP) is 1.96. The third-order valence-corrected chi connectivity index (χ3v) is 6.33. The number of carbonyl (C=O) groups excluding carboxylic acids is 2. The number of rotatable bonds is 7. The molecule has 162 valence electrons. The molecule has 2 amide bonds. The molecule has 0 saturated carbocycles. The van der Waals surface area contributed by atoms with E-state index in [4.69, 9.17) is 0 Å². The zero-order valence-corrected chi connectivity index (χ0v) is 17.7. The lowest BCUT2D eigenvalue weighted by atomic mass is 9.96. The lowest BCUT2D eigenvalue weighted by Crippen LogP contribution is -2.36. The van der Waals surface area contributed by atoms with E-state index in [1.54, 1.807) is 67.1 Å². The van der Waals surface area contributed by atoms with E-state index in [1.165, 1.54) is 12.1 Å². The van der Waals surface area contributed by atoms with Crippen molar-refractivity contribution in [3.05, 3.63) is 102 Å². The Labute approximate surface area is 185 Å². The predicted molar refractivity (Wildman–Crippen MR) is 118 cm³/mol. The van der Waals surface area contributed by atoms with Gasteiger partial charge in [0.1, 0.15) is 0 Å². The van der Waals surface area contributed by atoms with Crippen LogP contribution in [0.4, 0.5) is 0 Å². The number of hydrogen-bond acceptors (Lipinski definition) is 6. The summed E-state index contributed by atoms with van der Waals surface area (Å²) in [4.78, 5) is 28.3. The number of benzene rings is 2. The molecule has 9 heteroatoms. The highest BCUT2D eigenvalue weighted by Crippen LogP contribution is 2.23. The van der Waals surface area contributed by atoms with Gasteiger partial charge in [-0.2, -0.15) is 0 Å². The van der Waals surface area contributed by atoms with Crippen LogP contribution in [0.2, 0.25) is 0 Å². The van der Waals surface area contributed by atoms with Gasteiger partial charge >= 0.3 is 0 Å². The maximum Gasteiger partial charge on any atom is 0.260 e. The van der Waals surface area contributed by atoms with E-state index in [0.29, 0.717) is 23.2 Å². The number of sulfonamides is 1. The molecule has 3 aromatic rings. The van der Waals surface area contributed by atoms with E-state index >= 15 is 0 Å². The standard InChI is InChI=1S/C23H20N4O4S/c28-22-20-6-2-1-5-19(20)21(23(29)27-22)15-25-12-16-7-9-18(10-8-16)32(30,31)26-14-17-4-3-11-24-13-17/h1-11,13,15,25-26H,12,14H2,(H,27,28,29)/b21-15-. The smallest absolute Gasteiger partial charge is 0.260 e. The summed E-state index contributed by atoms with van der Waals surface area (Å²) in [6.07, 6.45) is 4.78. The van der Waals surface area contributed by atoms with Gasteiger partial charge in [-0.1, -0.05) is 36.4 Å². The summed E-state index contributed by atoms with van der Waals surface area (Å²) in [6, 6.07) is 16.9. The van der Waals surface area contributed by atoms with Crippen molar-refractivity contribution in [2.24, 2.45) is 0 Å². The summed E-state index contributed by atoms with van der Waals surface area (Å²) in [5.74, 6) is -0.890. The van der Waals surface area contributed by atoms with E-state index in [1.807, 2.05) is 0 Å². The van der Waals surface area contributed by atoms with Gasteiger partial charge in [-0.3, -0.25) is 19.9 Å². The van der Waals surface area contributed by atoms with Crippen molar-refractivity contribution in [1.82, 2.24) is 20.3 Å². The summed E-state index contributed by atoms with van der Waals surface area (Å²) >= 11 is 0. The Morgan fingerprint density at radius 1 is 0.844 bits per heavy atom. The van der Waals surface area contributed by atoms with Crippen molar-refractivity contribution in [3.8, 4) is 0 Å². The average molecular weight is 449 g/mol. The highest BCUT2D eigenvalue weighted by Gasteiger charge is 2.26. The van der Waals surface area contributed by atoms with Gasteiger partial charge in [0.25, 0.3) is 11.8 Å². The van der Waals surface area contributed by atoms with Crippen molar-refractivity contribution in [3.63, 3.8) is 0 Å². The number of carbonyl (C=O) groups is 2. The van der Waals surface area contributed by atoms with Crippen LogP contribution < -0.4 is 15.4 Å². The molecule has 0 aliphatic carbocycles. The average Bonchev–Trinajstić information content (AvgIpc) is 2.81. The van der Waals surface area contributed by atoms with E-state index in [9.17, 15) is 18.0 Å². The normalized spacial score (nSPS) is 14.7. The second kappa shape index (κ2) is 9.13. The summed E-state index contributed by atoms with van der Waals surface area (Å²) < 4.78 is 27.5. The van der Waals surface area contributed by atoms with Crippen molar-refractivity contribution in [2.45, 2.75) is 18.0 Å². The minimum Gasteiger partial charge on any atom is -0.386 e. The quantitative estimate of drug-likeness (QED) is 0.376. The molecule has 2 aromatic carbocycles. The molecule has 3 N–H and O–H groups in total. The first-order chi connectivity index (χ1) is 15.4. The maximum atomic E-state index is 12.5. The van der Waals surface area contributed by atoms with Gasteiger partial charge in [-0.15, -0.1) is 0 Å². The van der Waals surface area contributed by atoms with Crippen LogP contribution in [0.3, 0.4) is 0 Å². The van der Waals surface area contributed by atoms with Crippen LogP contribution in [0.5, 0.6) is 0 Å². The highest BCUT2D eigenvalue weighted by atomic mass is 32.2. The van der Waals surface area contributed by atoms with Crippen LogP contribution in [0, 0.1) is 0 Å². The molecule has 0 unspecified atom stereocenters. The van der Waals surface area contributed by atoms with Crippen molar-refractivity contribution >= 4 is 27.4 Å². The number of fused-ring (bicyclic) bond motifs is 1. The van der Waals surface area contributed by atoms with Crippen LogP contribution >= 0.6 is 0 Å². The number of pyridine rings is 1. The largest absolute Gasteiger partial charge is 0.386 e. The van der Waals surface area contributed by atoms with E-state index in [0.717, 1.165) is 11.1 Å². The van der Waals surface area contributed by atoms with Crippen LogP contribution in [-0.4, -0.2) is 25.2 Å². The van der Waals surface area contributed by atoms with Gasteiger partial charge in [0, 0.05) is 42.8 Å². The number of amides is 2. The zero-order chi connectivity index (χ0) is 22.6. The molecular formula is C23H20N4O4S. The molecule has 1 aliphatic rings. The molecule has 8 nitrogen and oxygen atoms in total. The third-order valence-electron chi connectivity index (χ3n) is 4.91. The monoisotopic (exact) mass is 448 g/mol. The lowest BCUT2D eigenvalue weighted by molar-refractivity contribution is -0.114. The Morgan fingerprint density at radius 2 is 1.59 bits per heavy atom. The summed E-state index contributed by atoms with van der Waals surface area (Å²) in [5.41, 5.74) is 2.95. The fraction of sp³-hybridized carbons (Fsp3) is 0.0870. The van der Waals surface area contributed by atoms with Gasteiger partial charge < -0.3 is 5.32 Å². The van der Waals surface area contributed by atoms with Crippen molar-refractivity contribution < 1.29 is 18.0 Å². The molecule has 0 atom stereocenters. The van der Waals surface area contributed by atoms with Gasteiger partial charge in [-0.25, -0.2) is 13.1 Å². The first-order valence-electron chi connectivity index (χ1n) is 9.80. The molecule has 0 bridgehead atoms. The zero-order valence-electron chi connectivity index (χ0n) is 16.9. The molecule has 0 fully saturated rings. The van der Waals surface area contributed by atoms with Crippen molar-refractivity contribution in [2.75, 3.05) is 0 Å². The minimum absolute atomic E-state index is 0.152. The molecular weight excluding hydrogens is 428 g/mol. The van der Waals surface area contributed by atoms with Crippen LogP contribution in [0.1, 0.15) is 27.0 Å². The topological polar surface area (TPSA) is 117 Å². The SMILES string of the molecule is O=C1NC(=O)c2ccccc2/C1=C/NCc1ccc(S(=O)(=O)NCc2cccnc2)cc1. The number of nitrogens with one attached hydrogen (secondary N) is 3. The number of hydrogen-bond donors (Lipinski definition) is 3. The molecule has 0 saturated heterocycles. The van der Waals surface area contributed by atoms with Crippen LogP contribution in [0.15, 0.2) is 84.2 Å². The van der Waals surface area contributed by atoms with Gasteiger partial charge in [-0.05, 0) is 35.4 Å². The highest BCUT2D eigenvalue weighted by molar-refractivity contribution is 7.89. The second-order valence-corrected chi connectivity index (χ2v) is 8.86. The maximum absolute atomic E-state index is 12.5. The molecule has 4 rings (SSSR count). The Balaban J connectivity index is 1.41. The van der Waals surface area contributed by atoms with E-state index < -0.39 is 21.8 Å². The molecule has 0 radical (unpaired) electrons. The molecule has 1 aliphatic heterocycles. The number of nitrogens with zero attached hydrogens (tertiary/aromatic N) is 1. The van der Waals surface area contributed by atoms with Crippen LogP contribution in [-0.2, 0) is 27.9 Å². The summed E-state index contributed by atoms with van der Waals surface area (Å²) in [7, 11) is -3.65. The first-order valence-corrected chi connectivity index (χ1v) is 11.3. The molecule has 0 spiro atoms. The van der Waals surface area contributed by atoms with E-state index in [2.05, 4.69) is 20.3 Å². The lowest BCUT2D eigenvalue weighted by Gasteiger charge is -2.18. The Hall–Kier alpha value is -3.82. The van der Waals surface area contributed by atoms with Crippen LogP contribution in [0.25, 0.3) is 5.57 Å². The van der Waals surface area contributed by atoms with Gasteiger partial charge in [0.05, 0.1) is 10.5 Å². The van der Waals surface area contributed by atoms with Gasteiger partial charge in [0.15, 0.2) is 0 Å². The molecule has 1 aromatic heterocycles.